The summed E-state index contributed by atoms with van der Waals surface area (Å²) in [5.41, 5.74) is 3.74. The number of aryl methyl sites for hydroxylation is 3. The molecule has 0 aliphatic heterocycles. The van der Waals surface area contributed by atoms with Gasteiger partial charge in [0.25, 0.3) is 5.91 Å². The fourth-order valence-corrected chi connectivity index (χ4v) is 3.38. The van der Waals surface area contributed by atoms with Crippen molar-refractivity contribution in [3.05, 3.63) is 71.1 Å². The zero-order valence-corrected chi connectivity index (χ0v) is 17.3. The number of carbonyl (C=O) groups is 1. The quantitative estimate of drug-likeness (QED) is 0.475. The van der Waals surface area contributed by atoms with Crippen LogP contribution < -0.4 is 10.1 Å². The second kappa shape index (κ2) is 8.41. The normalized spacial score (nSPS) is 11.0. The zero-order valence-electron chi connectivity index (χ0n) is 17.3. The molecule has 7 nitrogen and oxygen atoms in total. The standard InChI is InChI=1S/C23H24N4O3/c1-4-12-27-20-11-6-5-10-19(20)24-23(27)25-22(28)21-18(16(3)30-26-21)14-29-17-9-7-8-15(2)13-17/h5-11,13H,4,12,14H2,1-3H3,(H,24,25,28). The largest absolute Gasteiger partial charge is 0.489 e. The summed E-state index contributed by atoms with van der Waals surface area (Å²) < 4.78 is 13.2. The Labute approximate surface area is 174 Å². The molecule has 4 aromatic rings. The summed E-state index contributed by atoms with van der Waals surface area (Å²) in [6, 6.07) is 15.6. The lowest BCUT2D eigenvalue weighted by Crippen LogP contribution is -2.18. The molecular formula is C23H24N4O3. The molecular weight excluding hydrogens is 380 g/mol. The van der Waals surface area contributed by atoms with Gasteiger partial charge in [0.15, 0.2) is 5.69 Å². The highest BCUT2D eigenvalue weighted by Crippen LogP contribution is 2.23. The number of rotatable bonds is 7. The molecule has 0 aliphatic carbocycles. The number of fused-ring (bicyclic) bond motifs is 1. The van der Waals surface area contributed by atoms with Crippen LogP contribution in [0, 0.1) is 13.8 Å². The molecule has 0 spiro atoms. The predicted octanol–water partition coefficient (Wildman–Crippen LogP) is 4.88. The summed E-state index contributed by atoms with van der Waals surface area (Å²) in [4.78, 5) is 17.6. The first kappa shape index (κ1) is 19.7. The van der Waals surface area contributed by atoms with Crippen LogP contribution in [0.4, 0.5) is 5.95 Å². The van der Waals surface area contributed by atoms with Crippen LogP contribution in [0.3, 0.4) is 0 Å². The number of anilines is 1. The van der Waals surface area contributed by atoms with E-state index in [9.17, 15) is 4.79 Å². The third kappa shape index (κ3) is 3.91. The van der Waals surface area contributed by atoms with Crippen molar-refractivity contribution in [2.24, 2.45) is 0 Å². The Morgan fingerprint density at radius 3 is 2.80 bits per heavy atom. The minimum absolute atomic E-state index is 0.187. The van der Waals surface area contributed by atoms with Gasteiger partial charge in [-0.3, -0.25) is 10.1 Å². The number of hydrogen-bond acceptors (Lipinski definition) is 5. The minimum Gasteiger partial charge on any atom is -0.489 e. The molecule has 0 saturated carbocycles. The Kier molecular flexibility index (Phi) is 5.52. The van der Waals surface area contributed by atoms with E-state index in [1.165, 1.54) is 0 Å². The van der Waals surface area contributed by atoms with Crippen LogP contribution in [0.1, 0.15) is 40.7 Å². The number of carbonyl (C=O) groups excluding carboxylic acids is 1. The maximum Gasteiger partial charge on any atom is 0.280 e. The summed E-state index contributed by atoms with van der Waals surface area (Å²) in [7, 11) is 0. The van der Waals surface area contributed by atoms with Crippen molar-refractivity contribution in [1.82, 2.24) is 14.7 Å². The Balaban J connectivity index is 1.57. The lowest BCUT2D eigenvalue weighted by Gasteiger charge is -2.09. The van der Waals surface area contributed by atoms with E-state index in [-0.39, 0.29) is 18.2 Å². The maximum absolute atomic E-state index is 13.0. The first-order chi connectivity index (χ1) is 14.6. The zero-order chi connectivity index (χ0) is 21.1. The van der Waals surface area contributed by atoms with E-state index in [2.05, 4.69) is 22.4 Å². The Bertz CT molecular complexity index is 1190. The van der Waals surface area contributed by atoms with Crippen LogP contribution in [-0.2, 0) is 13.2 Å². The van der Waals surface area contributed by atoms with Crippen LogP contribution in [0.2, 0.25) is 0 Å². The monoisotopic (exact) mass is 404 g/mol. The van der Waals surface area contributed by atoms with Gasteiger partial charge in [0, 0.05) is 6.54 Å². The van der Waals surface area contributed by atoms with Crippen LogP contribution in [0.15, 0.2) is 53.1 Å². The molecule has 0 aliphatic rings. The van der Waals surface area contributed by atoms with Gasteiger partial charge in [-0.1, -0.05) is 36.3 Å². The van der Waals surface area contributed by atoms with Crippen molar-refractivity contribution in [1.29, 1.82) is 0 Å². The number of hydrogen-bond donors (Lipinski definition) is 1. The summed E-state index contributed by atoms with van der Waals surface area (Å²) in [6.07, 6.45) is 0.919. The predicted molar refractivity (Wildman–Crippen MR) is 115 cm³/mol. The molecule has 4 rings (SSSR count). The van der Waals surface area contributed by atoms with Gasteiger partial charge >= 0.3 is 0 Å². The SMILES string of the molecule is CCCn1c(NC(=O)c2noc(C)c2COc2cccc(C)c2)nc2ccccc21. The number of imidazole rings is 1. The van der Waals surface area contributed by atoms with Gasteiger partial charge < -0.3 is 13.8 Å². The number of ether oxygens (including phenoxy) is 1. The van der Waals surface area contributed by atoms with Gasteiger partial charge in [-0.2, -0.15) is 0 Å². The van der Waals surface area contributed by atoms with E-state index in [1.54, 1.807) is 6.92 Å². The smallest absolute Gasteiger partial charge is 0.280 e. The lowest BCUT2D eigenvalue weighted by molar-refractivity contribution is 0.101. The summed E-state index contributed by atoms with van der Waals surface area (Å²) in [6.45, 7) is 6.79. The first-order valence-corrected chi connectivity index (χ1v) is 9.98. The van der Waals surface area contributed by atoms with Crippen LogP contribution >= 0.6 is 0 Å². The number of amides is 1. The maximum atomic E-state index is 13.0. The molecule has 2 heterocycles. The highest BCUT2D eigenvalue weighted by Gasteiger charge is 2.22. The van der Waals surface area contributed by atoms with Gasteiger partial charge in [-0.25, -0.2) is 4.98 Å². The number of para-hydroxylation sites is 2. The Morgan fingerprint density at radius 2 is 2.00 bits per heavy atom. The minimum atomic E-state index is -0.373. The molecule has 0 radical (unpaired) electrons. The molecule has 0 fully saturated rings. The van der Waals surface area contributed by atoms with Crippen LogP contribution in [-0.4, -0.2) is 20.6 Å². The van der Waals surface area contributed by atoms with Gasteiger partial charge in [-0.15, -0.1) is 0 Å². The van der Waals surface area contributed by atoms with Crippen molar-refractivity contribution < 1.29 is 14.1 Å². The average Bonchev–Trinajstić information content (AvgIpc) is 3.27. The number of nitrogens with one attached hydrogen (secondary N) is 1. The second-order valence-corrected chi connectivity index (χ2v) is 7.20. The van der Waals surface area contributed by atoms with Crippen LogP contribution in [0.25, 0.3) is 11.0 Å². The highest BCUT2D eigenvalue weighted by atomic mass is 16.5. The van der Waals surface area contributed by atoms with E-state index in [0.29, 0.717) is 17.3 Å². The van der Waals surface area contributed by atoms with E-state index >= 15 is 0 Å². The van der Waals surface area contributed by atoms with Crippen molar-refractivity contribution in [2.45, 2.75) is 40.3 Å². The third-order valence-electron chi connectivity index (χ3n) is 4.90. The van der Waals surface area contributed by atoms with Gasteiger partial charge in [0.1, 0.15) is 18.1 Å². The van der Waals surface area contributed by atoms with E-state index in [4.69, 9.17) is 9.26 Å². The van der Waals surface area contributed by atoms with Gasteiger partial charge in [0.2, 0.25) is 5.95 Å². The fraction of sp³-hybridized carbons (Fsp3) is 0.261. The Morgan fingerprint density at radius 1 is 1.17 bits per heavy atom. The van der Waals surface area contributed by atoms with Crippen molar-refractivity contribution in [2.75, 3.05) is 5.32 Å². The van der Waals surface area contributed by atoms with Gasteiger partial charge in [0.05, 0.1) is 16.6 Å². The molecule has 154 valence electrons. The number of nitrogens with zero attached hydrogens (tertiary/aromatic N) is 3. The van der Waals surface area contributed by atoms with Crippen LogP contribution in [0.5, 0.6) is 5.75 Å². The van der Waals surface area contributed by atoms with E-state index in [0.717, 1.165) is 35.3 Å². The Hall–Kier alpha value is -3.61. The molecule has 0 unspecified atom stereocenters. The summed E-state index contributed by atoms with van der Waals surface area (Å²) >= 11 is 0. The number of benzene rings is 2. The molecule has 7 heteroatoms. The molecule has 0 atom stereocenters. The molecule has 2 aromatic heterocycles. The molecule has 1 amide bonds. The van der Waals surface area contributed by atoms with E-state index < -0.39 is 0 Å². The first-order valence-electron chi connectivity index (χ1n) is 9.98. The van der Waals surface area contributed by atoms with E-state index in [1.807, 2.05) is 60.0 Å². The molecule has 2 aromatic carbocycles. The fourth-order valence-electron chi connectivity index (χ4n) is 3.38. The summed E-state index contributed by atoms with van der Waals surface area (Å²) in [5, 5.41) is 6.86. The highest BCUT2D eigenvalue weighted by molar-refractivity contribution is 6.03. The van der Waals surface area contributed by atoms with Crippen molar-refractivity contribution in [3.8, 4) is 5.75 Å². The molecule has 1 N–H and O–H groups in total. The van der Waals surface area contributed by atoms with Crippen molar-refractivity contribution >= 4 is 22.9 Å². The average molecular weight is 404 g/mol. The molecule has 0 saturated heterocycles. The third-order valence-corrected chi connectivity index (χ3v) is 4.90. The van der Waals surface area contributed by atoms with Gasteiger partial charge in [-0.05, 0) is 50.1 Å². The molecule has 30 heavy (non-hydrogen) atoms. The summed E-state index contributed by atoms with van der Waals surface area (Å²) in [5.74, 6) is 1.40. The topological polar surface area (TPSA) is 82.2 Å². The second-order valence-electron chi connectivity index (χ2n) is 7.20. The molecule has 0 bridgehead atoms. The van der Waals surface area contributed by atoms with Crippen molar-refractivity contribution in [3.63, 3.8) is 0 Å². The number of aromatic nitrogens is 3. The lowest BCUT2D eigenvalue weighted by atomic mass is 10.2.